The summed E-state index contributed by atoms with van der Waals surface area (Å²) in [7, 11) is -4.29. The summed E-state index contributed by atoms with van der Waals surface area (Å²) < 4.78 is 53.5. The lowest BCUT2D eigenvalue weighted by Gasteiger charge is -2.25. The van der Waals surface area contributed by atoms with Gasteiger partial charge in [0.25, 0.3) is 0 Å². The summed E-state index contributed by atoms with van der Waals surface area (Å²) >= 11 is 0. The number of nitrogens with two attached hydrogens (primary N) is 1. The zero-order valence-electron chi connectivity index (χ0n) is 24.1. The van der Waals surface area contributed by atoms with E-state index in [-0.39, 0.29) is 17.3 Å². The number of halogens is 1. The number of fused-ring (bicyclic) bond motifs is 1. The van der Waals surface area contributed by atoms with Gasteiger partial charge in [-0.2, -0.15) is 15.1 Å². The minimum Gasteiger partial charge on any atom is -0.462 e. The molecule has 0 bridgehead atoms. The van der Waals surface area contributed by atoms with Gasteiger partial charge in [-0.25, -0.2) is 13.9 Å². The third kappa shape index (κ3) is 6.98. The SMILES string of the molecule is CCCNc1nc(N)nc2c1ncn2[C@@H]1O[C@H](CO[P@@](=O)(N[C@@H](C)C(=O)OC(C)C)Oc2ccccc2)[C@@H](O)[C@@]1(C)F. The monoisotopic (exact) mass is 609 g/mol. The summed E-state index contributed by atoms with van der Waals surface area (Å²) in [6, 6.07) is 7.06. The minimum atomic E-state index is -4.29. The molecule has 1 fully saturated rings. The molecule has 2 aromatic heterocycles. The maximum atomic E-state index is 16.1. The fraction of sp³-hybridized carbons (Fsp3) is 0.538. The van der Waals surface area contributed by atoms with E-state index < -0.39 is 56.6 Å². The number of hydrogen-bond acceptors (Lipinski definition) is 12. The van der Waals surface area contributed by atoms with Gasteiger partial charge in [-0.05, 0) is 46.2 Å². The number of nitrogen functional groups attached to an aromatic ring is 1. The molecule has 0 radical (unpaired) electrons. The summed E-state index contributed by atoms with van der Waals surface area (Å²) in [5.74, 6) is -0.169. The highest BCUT2D eigenvalue weighted by molar-refractivity contribution is 7.52. The van der Waals surface area contributed by atoms with E-state index in [2.05, 4.69) is 25.4 Å². The van der Waals surface area contributed by atoms with Crippen LogP contribution in [0.5, 0.6) is 5.75 Å². The number of nitrogens with one attached hydrogen (secondary N) is 2. The molecule has 1 saturated heterocycles. The Bertz CT molecular complexity index is 1420. The van der Waals surface area contributed by atoms with Crippen molar-refractivity contribution in [2.24, 2.45) is 0 Å². The molecule has 14 nitrogen and oxygen atoms in total. The van der Waals surface area contributed by atoms with Crippen LogP contribution in [0.25, 0.3) is 11.2 Å². The van der Waals surface area contributed by atoms with Gasteiger partial charge in [0.1, 0.15) is 24.0 Å². The molecule has 6 atom stereocenters. The number of imidazole rings is 1. The Labute approximate surface area is 242 Å². The zero-order chi connectivity index (χ0) is 30.7. The summed E-state index contributed by atoms with van der Waals surface area (Å²) in [5.41, 5.74) is 4.08. The summed E-state index contributed by atoms with van der Waals surface area (Å²) in [6.45, 7) is 7.98. The van der Waals surface area contributed by atoms with Crippen LogP contribution in [0.15, 0.2) is 36.7 Å². The quantitative estimate of drug-likeness (QED) is 0.163. The first-order valence-electron chi connectivity index (χ1n) is 13.6. The molecule has 1 aliphatic rings. The topological polar surface area (TPSA) is 185 Å². The molecular formula is C26H37FN7O7P. The zero-order valence-corrected chi connectivity index (χ0v) is 25.0. The van der Waals surface area contributed by atoms with Gasteiger partial charge in [0.05, 0.1) is 19.0 Å². The maximum absolute atomic E-state index is 16.1. The maximum Gasteiger partial charge on any atom is 0.459 e. The van der Waals surface area contributed by atoms with E-state index in [1.165, 1.54) is 17.8 Å². The lowest BCUT2D eigenvalue weighted by molar-refractivity contribution is -0.149. The second-order valence-corrected chi connectivity index (χ2v) is 12.0. The number of aliphatic hydroxyl groups is 1. The Morgan fingerprint density at radius 3 is 2.67 bits per heavy atom. The Hall–Kier alpha value is -3.36. The van der Waals surface area contributed by atoms with Crippen molar-refractivity contribution in [1.29, 1.82) is 0 Å². The van der Waals surface area contributed by atoms with E-state index in [0.717, 1.165) is 13.3 Å². The van der Waals surface area contributed by atoms with E-state index in [1.54, 1.807) is 44.2 Å². The van der Waals surface area contributed by atoms with Crippen LogP contribution >= 0.6 is 7.75 Å². The van der Waals surface area contributed by atoms with Crippen LogP contribution in [0.3, 0.4) is 0 Å². The van der Waals surface area contributed by atoms with Gasteiger partial charge in [0, 0.05) is 6.54 Å². The first kappa shape index (κ1) is 31.6. The number of benzene rings is 1. The number of carbonyl (C=O) groups excluding carboxylic acids is 1. The molecule has 0 unspecified atom stereocenters. The van der Waals surface area contributed by atoms with Crippen molar-refractivity contribution < 1.29 is 37.4 Å². The molecule has 5 N–H and O–H groups in total. The highest BCUT2D eigenvalue weighted by Gasteiger charge is 2.56. The number of aliphatic hydroxyl groups excluding tert-OH is 1. The van der Waals surface area contributed by atoms with E-state index in [9.17, 15) is 14.5 Å². The molecule has 1 aromatic carbocycles. The van der Waals surface area contributed by atoms with Crippen molar-refractivity contribution in [2.45, 2.75) is 77.3 Å². The minimum absolute atomic E-state index is 0.0583. The predicted octanol–water partition coefficient (Wildman–Crippen LogP) is 3.35. The molecule has 4 rings (SSSR count). The second-order valence-electron chi connectivity index (χ2n) is 10.3. The fourth-order valence-corrected chi connectivity index (χ4v) is 5.83. The van der Waals surface area contributed by atoms with Crippen molar-refractivity contribution in [3.05, 3.63) is 36.7 Å². The van der Waals surface area contributed by atoms with Gasteiger partial charge in [-0.3, -0.25) is 13.9 Å². The third-order valence-electron chi connectivity index (χ3n) is 6.39. The lowest BCUT2D eigenvalue weighted by atomic mass is 9.98. The number of nitrogens with zero attached hydrogens (tertiary/aromatic N) is 4. The van der Waals surface area contributed by atoms with Crippen LogP contribution < -0.4 is 20.7 Å². The Morgan fingerprint density at radius 1 is 1.29 bits per heavy atom. The number of carbonyl (C=O) groups is 1. The summed E-state index contributed by atoms with van der Waals surface area (Å²) in [5, 5.41) is 16.6. The average Bonchev–Trinajstić information content (AvgIpc) is 3.43. The Kier molecular flexibility index (Phi) is 9.68. The molecule has 0 aliphatic carbocycles. The molecule has 230 valence electrons. The lowest BCUT2D eigenvalue weighted by Crippen LogP contribution is -2.41. The van der Waals surface area contributed by atoms with E-state index in [1.807, 2.05) is 6.92 Å². The van der Waals surface area contributed by atoms with Gasteiger partial charge in [-0.15, -0.1) is 0 Å². The summed E-state index contributed by atoms with van der Waals surface area (Å²) in [4.78, 5) is 25.1. The normalized spacial score (nSPS) is 24.4. The van der Waals surface area contributed by atoms with Crippen LogP contribution in [0.2, 0.25) is 0 Å². The van der Waals surface area contributed by atoms with Crippen LogP contribution in [-0.4, -0.2) is 73.8 Å². The first-order chi connectivity index (χ1) is 19.8. The van der Waals surface area contributed by atoms with Crippen LogP contribution in [-0.2, 0) is 23.4 Å². The van der Waals surface area contributed by atoms with E-state index >= 15 is 4.39 Å². The largest absolute Gasteiger partial charge is 0.462 e. The molecule has 42 heavy (non-hydrogen) atoms. The summed E-state index contributed by atoms with van der Waals surface area (Å²) in [6.07, 6.45) is -2.68. The van der Waals surface area contributed by atoms with Crippen LogP contribution in [0, 0.1) is 0 Å². The molecule has 0 amide bonds. The number of esters is 1. The van der Waals surface area contributed by atoms with Gasteiger partial charge in [0.15, 0.2) is 28.9 Å². The fourth-order valence-electron chi connectivity index (χ4n) is 4.33. The standard InChI is InChI=1S/C26H37FN7O7P/c1-6-12-29-21-19-22(32-25(28)31-21)34(14-30-19)24-26(5,27)20(35)18(40-24)13-38-42(37,41-17-10-8-7-9-11-17)33-16(4)23(36)39-15(2)3/h7-11,14-16,18,20,24,35H,6,12-13H2,1-5H3,(H,33,37)(H3,28,29,31,32)/t16-,18+,20+,24+,26+,42-/m0/s1. The number of alkyl halides is 1. The molecule has 3 heterocycles. The van der Waals surface area contributed by atoms with Crippen molar-refractivity contribution in [1.82, 2.24) is 24.6 Å². The highest BCUT2D eigenvalue weighted by Crippen LogP contribution is 2.48. The first-order valence-corrected chi connectivity index (χ1v) is 15.1. The van der Waals surface area contributed by atoms with Crippen LogP contribution in [0.1, 0.15) is 47.3 Å². The molecule has 0 saturated carbocycles. The smallest absolute Gasteiger partial charge is 0.459 e. The molecule has 1 aliphatic heterocycles. The molecule has 0 spiro atoms. The van der Waals surface area contributed by atoms with Crippen molar-refractivity contribution in [3.63, 3.8) is 0 Å². The van der Waals surface area contributed by atoms with Gasteiger partial charge < -0.3 is 30.2 Å². The van der Waals surface area contributed by atoms with Crippen molar-refractivity contribution in [3.8, 4) is 5.75 Å². The van der Waals surface area contributed by atoms with E-state index in [0.29, 0.717) is 17.9 Å². The number of para-hydroxylation sites is 1. The highest BCUT2D eigenvalue weighted by atomic mass is 31.2. The van der Waals surface area contributed by atoms with Crippen molar-refractivity contribution in [2.75, 3.05) is 24.2 Å². The molecule has 16 heteroatoms. The van der Waals surface area contributed by atoms with E-state index in [4.69, 9.17) is 24.3 Å². The molecule has 3 aromatic rings. The number of anilines is 2. The number of ether oxygens (including phenoxy) is 2. The number of aromatic nitrogens is 4. The van der Waals surface area contributed by atoms with Gasteiger partial charge >= 0.3 is 13.7 Å². The van der Waals surface area contributed by atoms with Gasteiger partial charge in [0.2, 0.25) is 5.95 Å². The Morgan fingerprint density at radius 2 is 2.00 bits per heavy atom. The van der Waals surface area contributed by atoms with Crippen LogP contribution in [0.4, 0.5) is 16.2 Å². The Balaban J connectivity index is 1.56. The number of rotatable bonds is 13. The van der Waals surface area contributed by atoms with Gasteiger partial charge in [-0.1, -0.05) is 25.1 Å². The predicted molar refractivity (Wildman–Crippen MR) is 152 cm³/mol. The molecular weight excluding hydrogens is 572 g/mol. The number of hydrogen-bond donors (Lipinski definition) is 4. The average molecular weight is 610 g/mol. The van der Waals surface area contributed by atoms with Crippen molar-refractivity contribution >= 4 is 36.6 Å². The second kappa shape index (κ2) is 12.9. The third-order valence-corrected chi connectivity index (χ3v) is 8.03.